The van der Waals surface area contributed by atoms with Gasteiger partial charge in [0.15, 0.2) is 0 Å². The molecule has 4 nitrogen and oxygen atoms in total. The van der Waals surface area contributed by atoms with E-state index in [0.29, 0.717) is 12.0 Å². The summed E-state index contributed by atoms with van der Waals surface area (Å²) in [6.07, 6.45) is 6.81. The van der Waals surface area contributed by atoms with Crippen LogP contribution in [0, 0.1) is 5.92 Å². The maximum absolute atomic E-state index is 12.9. The summed E-state index contributed by atoms with van der Waals surface area (Å²) in [5.41, 5.74) is 5.48. The van der Waals surface area contributed by atoms with Gasteiger partial charge in [0, 0.05) is 36.8 Å². The molecule has 0 saturated carbocycles. The van der Waals surface area contributed by atoms with Crippen molar-refractivity contribution in [1.29, 1.82) is 0 Å². The van der Waals surface area contributed by atoms with Crippen molar-refractivity contribution < 1.29 is 4.79 Å². The van der Waals surface area contributed by atoms with Gasteiger partial charge in [0.2, 0.25) is 5.91 Å². The summed E-state index contributed by atoms with van der Waals surface area (Å²) in [5.74, 6) is 0.724. The molecule has 2 aliphatic heterocycles. The molecule has 1 aromatic rings. The zero-order valence-corrected chi connectivity index (χ0v) is 16.2. The molecule has 2 heterocycles. The number of benzene rings is 1. The van der Waals surface area contributed by atoms with Crippen LogP contribution in [-0.4, -0.2) is 43.0 Å². The second-order valence-electron chi connectivity index (χ2n) is 8.32. The van der Waals surface area contributed by atoms with E-state index in [-0.39, 0.29) is 17.9 Å². The number of hydrogen-bond acceptors (Lipinski definition) is 3. The van der Waals surface area contributed by atoms with Gasteiger partial charge >= 0.3 is 0 Å². The minimum Gasteiger partial charge on any atom is -0.384 e. The van der Waals surface area contributed by atoms with E-state index in [0.717, 1.165) is 25.9 Å². The molecule has 0 fully saturated rings. The predicted molar refractivity (Wildman–Crippen MR) is 107 cm³/mol. The van der Waals surface area contributed by atoms with Gasteiger partial charge in [-0.25, -0.2) is 0 Å². The normalized spacial score (nSPS) is 27.8. The van der Waals surface area contributed by atoms with Crippen molar-refractivity contribution in [2.45, 2.75) is 57.5 Å². The molecule has 4 atom stereocenters. The smallest absolute Gasteiger partial charge is 0.228 e. The molecule has 3 aliphatic rings. The topological polar surface area (TPSA) is 44.4 Å². The van der Waals surface area contributed by atoms with Gasteiger partial charge in [-0.15, -0.1) is 0 Å². The van der Waals surface area contributed by atoms with E-state index in [2.05, 4.69) is 60.7 Å². The van der Waals surface area contributed by atoms with Gasteiger partial charge in [-0.1, -0.05) is 38.0 Å². The molecule has 2 unspecified atom stereocenters. The standard InChI is InChI=1S/C22H31N3O/c1-4-5-7-14(2)24-22(26)16-10-18-17-8-6-9-19-21(17)15(12-23-19)11-20(18)25(3)13-16/h6,8-10,14-16,20,23H,4-5,7,11-13H2,1-3H3,(H,24,26)/t14?,15?,16-,20-/m1/s1. The number of anilines is 1. The molecule has 4 rings (SSSR count). The van der Waals surface area contributed by atoms with Crippen LogP contribution in [0.3, 0.4) is 0 Å². The first-order valence-electron chi connectivity index (χ1n) is 10.2. The van der Waals surface area contributed by atoms with Crippen LogP contribution in [0.2, 0.25) is 0 Å². The van der Waals surface area contributed by atoms with E-state index in [1.165, 1.54) is 35.2 Å². The van der Waals surface area contributed by atoms with Gasteiger partial charge in [-0.3, -0.25) is 9.69 Å². The van der Waals surface area contributed by atoms with Crippen LogP contribution in [0.4, 0.5) is 5.69 Å². The molecular weight excluding hydrogens is 322 g/mol. The number of rotatable bonds is 5. The van der Waals surface area contributed by atoms with Gasteiger partial charge in [0.1, 0.15) is 0 Å². The lowest BCUT2D eigenvalue weighted by Crippen LogP contribution is -2.48. The molecule has 140 valence electrons. The molecule has 0 saturated heterocycles. The average Bonchev–Trinajstić information content (AvgIpc) is 3.05. The number of unbranched alkanes of at least 4 members (excludes halogenated alkanes) is 1. The van der Waals surface area contributed by atoms with Crippen LogP contribution >= 0.6 is 0 Å². The summed E-state index contributed by atoms with van der Waals surface area (Å²) in [7, 11) is 2.18. The van der Waals surface area contributed by atoms with Crippen molar-refractivity contribution in [3.8, 4) is 0 Å². The third kappa shape index (κ3) is 3.05. The lowest BCUT2D eigenvalue weighted by Gasteiger charge is -2.42. The predicted octanol–water partition coefficient (Wildman–Crippen LogP) is 3.61. The third-order valence-electron chi connectivity index (χ3n) is 6.34. The second-order valence-corrected chi connectivity index (χ2v) is 8.32. The SMILES string of the molecule is CCCCC(C)NC(=O)[C@@H]1C=C2c3cccc4c3C(CN4)C[C@H]2N(C)C1. The minimum atomic E-state index is -0.0582. The van der Waals surface area contributed by atoms with E-state index in [1.807, 2.05) is 0 Å². The lowest BCUT2D eigenvalue weighted by atomic mass is 9.74. The summed E-state index contributed by atoms with van der Waals surface area (Å²) in [6.45, 7) is 6.17. The van der Waals surface area contributed by atoms with Gasteiger partial charge in [-0.05, 0) is 49.6 Å². The summed E-state index contributed by atoms with van der Waals surface area (Å²) >= 11 is 0. The molecule has 0 spiro atoms. The fourth-order valence-corrected chi connectivity index (χ4v) is 4.94. The summed E-state index contributed by atoms with van der Waals surface area (Å²) in [6, 6.07) is 7.26. The molecule has 0 bridgehead atoms. The van der Waals surface area contributed by atoms with Crippen LogP contribution in [-0.2, 0) is 4.79 Å². The number of amides is 1. The van der Waals surface area contributed by atoms with E-state index in [4.69, 9.17) is 0 Å². The highest BCUT2D eigenvalue weighted by molar-refractivity contribution is 5.87. The Bertz CT molecular complexity index is 726. The highest BCUT2D eigenvalue weighted by atomic mass is 16.2. The molecule has 1 amide bonds. The van der Waals surface area contributed by atoms with E-state index in [1.54, 1.807) is 0 Å². The Kier molecular flexibility index (Phi) is 4.78. The molecule has 26 heavy (non-hydrogen) atoms. The number of nitrogens with zero attached hydrogens (tertiary/aromatic N) is 1. The minimum absolute atomic E-state index is 0.0582. The lowest BCUT2D eigenvalue weighted by molar-refractivity contribution is -0.125. The van der Waals surface area contributed by atoms with E-state index in [9.17, 15) is 4.79 Å². The first-order valence-corrected chi connectivity index (χ1v) is 10.2. The van der Waals surface area contributed by atoms with Crippen LogP contribution in [0.1, 0.15) is 56.6 Å². The monoisotopic (exact) mass is 353 g/mol. The van der Waals surface area contributed by atoms with Crippen LogP contribution in [0.15, 0.2) is 24.3 Å². The van der Waals surface area contributed by atoms with Crippen molar-refractivity contribution in [1.82, 2.24) is 10.2 Å². The zero-order valence-electron chi connectivity index (χ0n) is 16.2. The number of fused-ring (bicyclic) bond motifs is 2. The van der Waals surface area contributed by atoms with Crippen molar-refractivity contribution in [2.75, 3.05) is 25.5 Å². The van der Waals surface area contributed by atoms with Crippen molar-refractivity contribution in [3.63, 3.8) is 0 Å². The molecular formula is C22H31N3O. The number of hydrogen-bond donors (Lipinski definition) is 2. The van der Waals surface area contributed by atoms with Crippen molar-refractivity contribution in [2.24, 2.45) is 5.92 Å². The largest absolute Gasteiger partial charge is 0.384 e. The molecule has 0 aromatic heterocycles. The van der Waals surface area contributed by atoms with Crippen molar-refractivity contribution in [3.05, 3.63) is 35.4 Å². The quantitative estimate of drug-likeness (QED) is 0.850. The molecule has 1 aliphatic carbocycles. The molecule has 4 heteroatoms. The first-order chi connectivity index (χ1) is 12.6. The Morgan fingerprint density at radius 3 is 3.08 bits per heavy atom. The van der Waals surface area contributed by atoms with E-state index < -0.39 is 0 Å². The summed E-state index contributed by atoms with van der Waals surface area (Å²) < 4.78 is 0. The van der Waals surface area contributed by atoms with Gasteiger partial charge < -0.3 is 10.6 Å². The first kappa shape index (κ1) is 17.6. The fraction of sp³-hybridized carbons (Fsp3) is 0.591. The zero-order chi connectivity index (χ0) is 18.3. The van der Waals surface area contributed by atoms with Crippen LogP contribution < -0.4 is 10.6 Å². The van der Waals surface area contributed by atoms with Gasteiger partial charge in [-0.2, -0.15) is 0 Å². The summed E-state index contributed by atoms with van der Waals surface area (Å²) in [4.78, 5) is 15.2. The van der Waals surface area contributed by atoms with Crippen molar-refractivity contribution >= 4 is 17.2 Å². The highest BCUT2D eigenvalue weighted by Crippen LogP contribution is 2.48. The number of nitrogens with one attached hydrogen (secondary N) is 2. The molecule has 2 N–H and O–H groups in total. The number of likely N-dealkylation sites (N-methyl/N-ethyl adjacent to an activating group) is 1. The Morgan fingerprint density at radius 2 is 2.27 bits per heavy atom. The van der Waals surface area contributed by atoms with Gasteiger partial charge in [0.25, 0.3) is 0 Å². The number of carbonyl (C=O) groups is 1. The Hall–Kier alpha value is -1.81. The average molecular weight is 354 g/mol. The highest BCUT2D eigenvalue weighted by Gasteiger charge is 2.40. The number of carbonyl (C=O) groups excluding carboxylic acids is 1. The Labute approximate surface area is 157 Å². The van der Waals surface area contributed by atoms with Crippen LogP contribution in [0.5, 0.6) is 0 Å². The Morgan fingerprint density at radius 1 is 1.42 bits per heavy atom. The second kappa shape index (κ2) is 7.07. The van der Waals surface area contributed by atoms with Crippen LogP contribution in [0.25, 0.3) is 5.57 Å². The van der Waals surface area contributed by atoms with E-state index >= 15 is 0 Å². The Balaban J connectivity index is 1.59. The molecule has 0 radical (unpaired) electrons. The fourth-order valence-electron chi connectivity index (χ4n) is 4.94. The maximum Gasteiger partial charge on any atom is 0.228 e. The maximum atomic E-state index is 12.9. The molecule has 1 aromatic carbocycles. The third-order valence-corrected chi connectivity index (χ3v) is 6.34. The van der Waals surface area contributed by atoms with Gasteiger partial charge in [0.05, 0.1) is 5.92 Å². The summed E-state index contributed by atoms with van der Waals surface area (Å²) in [5, 5.41) is 6.80.